The lowest BCUT2D eigenvalue weighted by Gasteiger charge is -2.33. The Balaban J connectivity index is 1.43. The zero-order chi connectivity index (χ0) is 16.8. The van der Waals surface area contributed by atoms with Gasteiger partial charge in [-0.3, -0.25) is 0 Å². The van der Waals surface area contributed by atoms with E-state index in [1.54, 1.807) is 12.1 Å². The molecule has 0 radical (unpaired) electrons. The smallest absolute Gasteiger partial charge is 0.166 e. The van der Waals surface area contributed by atoms with E-state index in [1.165, 1.54) is 24.5 Å². The fourth-order valence-corrected chi connectivity index (χ4v) is 3.65. The van der Waals surface area contributed by atoms with Gasteiger partial charge in [-0.25, -0.2) is 4.39 Å². The normalized spacial score (nSPS) is 18.5. The van der Waals surface area contributed by atoms with E-state index in [2.05, 4.69) is 51.2 Å². The van der Waals surface area contributed by atoms with Crippen molar-refractivity contribution in [1.29, 1.82) is 0 Å². The molecular weight excluding hydrogens is 369 g/mol. The lowest BCUT2D eigenvalue weighted by molar-refractivity contribution is 0.188. The first-order valence-electron chi connectivity index (χ1n) is 8.57. The van der Waals surface area contributed by atoms with Crippen LogP contribution in [0.2, 0.25) is 0 Å². The van der Waals surface area contributed by atoms with Crippen molar-refractivity contribution < 1.29 is 9.13 Å². The molecular formula is C20H23BrFNO. The molecule has 1 atom stereocenters. The van der Waals surface area contributed by atoms with Gasteiger partial charge in [-0.05, 0) is 55.5 Å². The third-order valence-corrected chi connectivity index (χ3v) is 5.04. The van der Waals surface area contributed by atoms with Crippen LogP contribution in [0.4, 0.5) is 4.39 Å². The zero-order valence-corrected chi connectivity index (χ0v) is 15.3. The average molecular weight is 392 g/mol. The first-order valence-corrected chi connectivity index (χ1v) is 9.37. The molecule has 0 bridgehead atoms. The second-order valence-corrected chi connectivity index (χ2v) is 7.24. The van der Waals surface area contributed by atoms with Gasteiger partial charge in [0.2, 0.25) is 0 Å². The number of nitrogens with zero attached hydrogens (tertiary/aromatic N) is 1. The van der Waals surface area contributed by atoms with Crippen LogP contribution in [0.15, 0.2) is 53.0 Å². The van der Waals surface area contributed by atoms with E-state index < -0.39 is 0 Å². The van der Waals surface area contributed by atoms with Crippen molar-refractivity contribution in [3.8, 4) is 5.75 Å². The minimum absolute atomic E-state index is 0.313. The third kappa shape index (κ3) is 4.81. The van der Waals surface area contributed by atoms with E-state index in [0.29, 0.717) is 18.3 Å². The Morgan fingerprint density at radius 2 is 2.00 bits per heavy atom. The second-order valence-electron chi connectivity index (χ2n) is 6.33. The maximum atomic E-state index is 13.7. The van der Waals surface area contributed by atoms with Crippen molar-refractivity contribution in [1.82, 2.24) is 4.90 Å². The summed E-state index contributed by atoms with van der Waals surface area (Å²) in [6, 6.07) is 15.7. The maximum Gasteiger partial charge on any atom is 0.166 e. The molecule has 1 unspecified atom stereocenters. The molecule has 0 spiro atoms. The summed E-state index contributed by atoms with van der Waals surface area (Å²) < 4.78 is 20.0. The molecule has 2 aromatic carbocycles. The molecule has 1 saturated heterocycles. The van der Waals surface area contributed by atoms with E-state index >= 15 is 0 Å². The van der Waals surface area contributed by atoms with Crippen molar-refractivity contribution in [3.63, 3.8) is 0 Å². The summed E-state index contributed by atoms with van der Waals surface area (Å²) in [5.74, 6) is 0.648. The number of piperidine rings is 1. The van der Waals surface area contributed by atoms with Gasteiger partial charge in [0.05, 0.1) is 6.61 Å². The summed E-state index contributed by atoms with van der Waals surface area (Å²) >= 11 is 3.25. The Bertz CT molecular complexity index is 649. The highest BCUT2D eigenvalue weighted by Crippen LogP contribution is 2.27. The topological polar surface area (TPSA) is 12.5 Å². The van der Waals surface area contributed by atoms with E-state index in [9.17, 15) is 4.39 Å². The molecule has 2 nitrogen and oxygen atoms in total. The number of likely N-dealkylation sites (tertiary alicyclic amines) is 1. The number of hydrogen-bond donors (Lipinski definition) is 0. The van der Waals surface area contributed by atoms with Crippen molar-refractivity contribution in [2.75, 3.05) is 26.2 Å². The van der Waals surface area contributed by atoms with E-state index in [1.807, 2.05) is 0 Å². The maximum absolute atomic E-state index is 13.7. The summed E-state index contributed by atoms with van der Waals surface area (Å²) in [6.07, 6.45) is 3.42. The van der Waals surface area contributed by atoms with Crippen LogP contribution in [0.3, 0.4) is 0 Å². The van der Waals surface area contributed by atoms with E-state index in [-0.39, 0.29) is 5.82 Å². The predicted octanol–water partition coefficient (Wildman–Crippen LogP) is 5.24. The molecule has 4 heteroatoms. The number of ether oxygens (including phenoxy) is 1. The van der Waals surface area contributed by atoms with Crippen molar-refractivity contribution in [2.24, 2.45) is 0 Å². The molecule has 1 heterocycles. The van der Waals surface area contributed by atoms with Crippen LogP contribution in [0.25, 0.3) is 0 Å². The quantitative estimate of drug-likeness (QED) is 0.624. The average Bonchev–Trinajstić information content (AvgIpc) is 2.61. The number of hydrogen-bond acceptors (Lipinski definition) is 2. The highest BCUT2D eigenvalue weighted by atomic mass is 79.9. The Kier molecular flexibility index (Phi) is 6.27. The van der Waals surface area contributed by atoms with Crippen molar-refractivity contribution >= 4 is 15.9 Å². The van der Waals surface area contributed by atoms with Crippen LogP contribution in [-0.2, 0) is 0 Å². The highest BCUT2D eigenvalue weighted by molar-refractivity contribution is 9.10. The standard InChI is InChI=1S/C20H23BrFNO/c21-18-9-10-20(19(22)14-18)24-13-5-12-23-11-4-8-17(15-23)16-6-2-1-3-7-16/h1-3,6-7,9-10,14,17H,4-5,8,11-13,15H2. The Hall–Kier alpha value is -1.39. The van der Waals surface area contributed by atoms with Crippen LogP contribution in [0, 0.1) is 5.82 Å². The molecule has 0 aromatic heterocycles. The van der Waals surface area contributed by atoms with Gasteiger partial charge in [-0.2, -0.15) is 0 Å². The Labute approximate surface area is 151 Å². The minimum atomic E-state index is -0.313. The van der Waals surface area contributed by atoms with E-state index in [0.717, 1.165) is 30.5 Å². The lowest BCUT2D eigenvalue weighted by atomic mass is 9.90. The SMILES string of the molecule is Fc1cc(Br)ccc1OCCCN1CCCC(c2ccccc2)C1. The number of halogens is 2. The Morgan fingerprint density at radius 3 is 2.79 bits per heavy atom. The number of benzene rings is 2. The molecule has 0 aliphatic carbocycles. The van der Waals surface area contributed by atoms with Gasteiger partial charge in [0.25, 0.3) is 0 Å². The largest absolute Gasteiger partial charge is 0.490 e. The highest BCUT2D eigenvalue weighted by Gasteiger charge is 2.20. The molecule has 1 fully saturated rings. The van der Waals surface area contributed by atoms with Gasteiger partial charge >= 0.3 is 0 Å². The third-order valence-electron chi connectivity index (χ3n) is 4.55. The predicted molar refractivity (Wildman–Crippen MR) is 99.1 cm³/mol. The van der Waals surface area contributed by atoms with Crippen molar-refractivity contribution in [2.45, 2.75) is 25.2 Å². The minimum Gasteiger partial charge on any atom is -0.490 e. The summed E-state index contributed by atoms with van der Waals surface area (Å²) in [4.78, 5) is 2.50. The molecule has 3 rings (SSSR count). The van der Waals surface area contributed by atoms with Gasteiger partial charge in [0.1, 0.15) is 0 Å². The van der Waals surface area contributed by atoms with E-state index in [4.69, 9.17) is 4.74 Å². The summed E-state index contributed by atoms with van der Waals surface area (Å²) in [7, 11) is 0. The van der Waals surface area contributed by atoms with Gasteiger partial charge in [0, 0.05) is 17.6 Å². The molecule has 24 heavy (non-hydrogen) atoms. The van der Waals surface area contributed by atoms with Crippen LogP contribution >= 0.6 is 15.9 Å². The summed E-state index contributed by atoms with van der Waals surface area (Å²) in [5, 5.41) is 0. The molecule has 1 aliphatic heterocycles. The molecule has 1 aliphatic rings. The molecule has 2 aromatic rings. The number of rotatable bonds is 6. The molecule has 0 N–H and O–H groups in total. The van der Waals surface area contributed by atoms with Crippen LogP contribution < -0.4 is 4.74 Å². The van der Waals surface area contributed by atoms with Crippen LogP contribution in [0.1, 0.15) is 30.7 Å². The van der Waals surface area contributed by atoms with Crippen LogP contribution in [0.5, 0.6) is 5.75 Å². The fourth-order valence-electron chi connectivity index (χ4n) is 3.32. The fraction of sp³-hybridized carbons (Fsp3) is 0.400. The molecule has 128 valence electrons. The first kappa shape index (κ1) is 17.4. The summed E-state index contributed by atoms with van der Waals surface area (Å²) in [6.45, 7) is 3.80. The molecule has 0 saturated carbocycles. The van der Waals surface area contributed by atoms with Crippen molar-refractivity contribution in [3.05, 3.63) is 64.4 Å². The monoisotopic (exact) mass is 391 g/mol. The van der Waals surface area contributed by atoms with Gasteiger partial charge in [-0.15, -0.1) is 0 Å². The van der Waals surface area contributed by atoms with Gasteiger partial charge in [0.15, 0.2) is 11.6 Å². The zero-order valence-electron chi connectivity index (χ0n) is 13.8. The molecule has 0 amide bonds. The van der Waals surface area contributed by atoms with Crippen LogP contribution in [-0.4, -0.2) is 31.1 Å². The summed E-state index contributed by atoms with van der Waals surface area (Å²) in [5.41, 5.74) is 1.44. The lowest BCUT2D eigenvalue weighted by Crippen LogP contribution is -2.35. The van der Waals surface area contributed by atoms with Gasteiger partial charge < -0.3 is 9.64 Å². The Morgan fingerprint density at radius 1 is 1.17 bits per heavy atom. The first-order chi connectivity index (χ1) is 11.7. The van der Waals surface area contributed by atoms with Gasteiger partial charge in [-0.1, -0.05) is 46.3 Å². The second kappa shape index (κ2) is 8.63.